The fraction of sp³-hybridized carbons (Fsp3) is 0.125. The zero-order valence-corrected chi connectivity index (χ0v) is 14.9. The zero-order valence-electron chi connectivity index (χ0n) is 12.6. The smallest absolute Gasteiger partial charge is 0.277 e. The summed E-state index contributed by atoms with van der Waals surface area (Å²) in [5.41, 5.74) is 7.45. The predicted molar refractivity (Wildman–Crippen MR) is 95.7 cm³/mol. The van der Waals surface area contributed by atoms with Crippen LogP contribution in [0.1, 0.15) is 26.9 Å². The molecule has 3 aromatic rings. The highest BCUT2D eigenvalue weighted by atomic mass is 35.5. The summed E-state index contributed by atoms with van der Waals surface area (Å²) in [7, 11) is 0. The molecule has 0 aliphatic rings. The third kappa shape index (κ3) is 3.40. The molecule has 5 nitrogen and oxygen atoms in total. The van der Waals surface area contributed by atoms with E-state index in [0.717, 1.165) is 10.4 Å². The minimum absolute atomic E-state index is 0.261. The number of hydrogen-bond acceptors (Lipinski definition) is 5. The molecule has 122 valence electrons. The average molecular weight is 379 g/mol. The summed E-state index contributed by atoms with van der Waals surface area (Å²) in [4.78, 5) is 25.1. The van der Waals surface area contributed by atoms with Crippen LogP contribution in [-0.2, 0) is 6.42 Å². The first kappa shape index (κ1) is 16.8. The Balaban J connectivity index is 1.97. The standard InChI is InChI=1S/C16H12Cl2N4OS/c1-8-14(24-16(21-8)15(19)23)12-5-6-20-13(22-12)7-9-10(17)3-2-4-11(9)18/h2-6H,7H2,1H3,(H2,19,23). The molecular weight excluding hydrogens is 367 g/mol. The van der Waals surface area contributed by atoms with Crippen molar-refractivity contribution in [1.29, 1.82) is 0 Å². The zero-order chi connectivity index (χ0) is 17.3. The van der Waals surface area contributed by atoms with E-state index in [-0.39, 0.29) is 5.01 Å². The number of benzene rings is 1. The van der Waals surface area contributed by atoms with E-state index in [1.54, 1.807) is 30.5 Å². The highest BCUT2D eigenvalue weighted by Gasteiger charge is 2.15. The first-order valence-corrected chi connectivity index (χ1v) is 8.55. The number of amides is 1. The Morgan fingerprint density at radius 1 is 1.21 bits per heavy atom. The monoisotopic (exact) mass is 378 g/mol. The SMILES string of the molecule is Cc1nc(C(N)=O)sc1-c1ccnc(Cc2c(Cl)cccc2Cl)n1. The molecule has 2 aromatic heterocycles. The number of hydrogen-bond donors (Lipinski definition) is 1. The number of thiazole rings is 1. The predicted octanol–water partition coefficient (Wildman–Crippen LogP) is 3.91. The second-order valence-electron chi connectivity index (χ2n) is 5.03. The van der Waals surface area contributed by atoms with Crippen molar-refractivity contribution >= 4 is 40.4 Å². The maximum atomic E-state index is 11.3. The normalized spacial score (nSPS) is 10.8. The van der Waals surface area contributed by atoms with Gasteiger partial charge in [-0.05, 0) is 30.7 Å². The number of carbonyl (C=O) groups excluding carboxylic acids is 1. The molecule has 8 heteroatoms. The van der Waals surface area contributed by atoms with Crippen molar-refractivity contribution in [1.82, 2.24) is 15.0 Å². The summed E-state index contributed by atoms with van der Waals surface area (Å²) in [6.45, 7) is 1.81. The number of aromatic nitrogens is 3. The second kappa shape index (κ2) is 6.84. The van der Waals surface area contributed by atoms with Gasteiger partial charge < -0.3 is 5.73 Å². The van der Waals surface area contributed by atoms with Crippen molar-refractivity contribution in [3.8, 4) is 10.6 Å². The Kier molecular flexibility index (Phi) is 4.80. The van der Waals surface area contributed by atoms with Crippen LogP contribution in [0.15, 0.2) is 30.5 Å². The van der Waals surface area contributed by atoms with Gasteiger partial charge in [0.1, 0.15) is 5.82 Å². The van der Waals surface area contributed by atoms with Crippen molar-refractivity contribution in [2.75, 3.05) is 0 Å². The molecule has 0 fully saturated rings. The van der Waals surface area contributed by atoms with Crippen LogP contribution in [0.25, 0.3) is 10.6 Å². The van der Waals surface area contributed by atoms with E-state index in [4.69, 9.17) is 28.9 Å². The molecule has 2 N–H and O–H groups in total. The molecule has 0 bridgehead atoms. The number of rotatable bonds is 4. The van der Waals surface area contributed by atoms with Crippen LogP contribution in [0.2, 0.25) is 10.0 Å². The number of nitrogens with zero attached hydrogens (tertiary/aromatic N) is 3. The van der Waals surface area contributed by atoms with Crippen molar-refractivity contribution < 1.29 is 4.79 Å². The Hall–Kier alpha value is -2.02. The summed E-state index contributed by atoms with van der Waals surface area (Å²) >= 11 is 13.6. The molecule has 0 atom stereocenters. The van der Waals surface area contributed by atoms with E-state index < -0.39 is 5.91 Å². The lowest BCUT2D eigenvalue weighted by Gasteiger charge is -2.07. The lowest BCUT2D eigenvalue weighted by Crippen LogP contribution is -2.10. The van der Waals surface area contributed by atoms with Gasteiger partial charge in [0, 0.05) is 22.7 Å². The maximum absolute atomic E-state index is 11.3. The van der Waals surface area contributed by atoms with Gasteiger partial charge in [-0.15, -0.1) is 11.3 Å². The van der Waals surface area contributed by atoms with Crippen molar-refractivity contribution in [3.63, 3.8) is 0 Å². The molecule has 2 heterocycles. The van der Waals surface area contributed by atoms with Crippen LogP contribution in [0.5, 0.6) is 0 Å². The van der Waals surface area contributed by atoms with Gasteiger partial charge in [-0.25, -0.2) is 15.0 Å². The molecule has 0 spiro atoms. The minimum Gasteiger partial charge on any atom is -0.364 e. The van der Waals surface area contributed by atoms with Gasteiger partial charge in [0.2, 0.25) is 0 Å². The molecule has 0 radical (unpaired) electrons. The number of primary amides is 1. The highest BCUT2D eigenvalue weighted by Crippen LogP contribution is 2.30. The summed E-state index contributed by atoms with van der Waals surface area (Å²) < 4.78 is 0. The van der Waals surface area contributed by atoms with E-state index in [1.165, 1.54) is 11.3 Å². The van der Waals surface area contributed by atoms with Crippen LogP contribution in [0, 0.1) is 6.92 Å². The van der Waals surface area contributed by atoms with Gasteiger partial charge in [0.25, 0.3) is 5.91 Å². The molecule has 1 aromatic carbocycles. The summed E-state index contributed by atoms with van der Waals surface area (Å²) in [6, 6.07) is 7.11. The van der Waals surface area contributed by atoms with Gasteiger partial charge in [-0.2, -0.15) is 0 Å². The molecule has 0 saturated heterocycles. The molecular formula is C16H12Cl2N4OS. The van der Waals surface area contributed by atoms with Crippen molar-refractivity contribution in [3.05, 3.63) is 62.6 Å². The van der Waals surface area contributed by atoms with E-state index in [2.05, 4.69) is 15.0 Å². The molecule has 0 unspecified atom stereocenters. The molecule has 1 amide bonds. The van der Waals surface area contributed by atoms with Gasteiger partial charge >= 0.3 is 0 Å². The Morgan fingerprint density at radius 2 is 1.92 bits per heavy atom. The van der Waals surface area contributed by atoms with Crippen molar-refractivity contribution in [2.24, 2.45) is 5.73 Å². The van der Waals surface area contributed by atoms with Crippen LogP contribution < -0.4 is 5.73 Å². The Morgan fingerprint density at radius 3 is 2.54 bits per heavy atom. The van der Waals surface area contributed by atoms with Crippen LogP contribution in [0.4, 0.5) is 0 Å². The number of carbonyl (C=O) groups is 1. The highest BCUT2D eigenvalue weighted by molar-refractivity contribution is 7.17. The number of nitrogens with two attached hydrogens (primary N) is 1. The fourth-order valence-corrected chi connectivity index (χ4v) is 3.63. The molecule has 3 rings (SSSR count). The fourth-order valence-electron chi connectivity index (χ4n) is 2.21. The summed E-state index contributed by atoms with van der Waals surface area (Å²) in [5, 5.41) is 1.40. The Labute approximate surface area is 152 Å². The van der Waals surface area contributed by atoms with Gasteiger partial charge in [-0.1, -0.05) is 29.3 Å². The van der Waals surface area contributed by atoms with Gasteiger partial charge in [-0.3, -0.25) is 4.79 Å². The Bertz CT molecular complexity index is 906. The largest absolute Gasteiger partial charge is 0.364 e. The van der Waals surface area contributed by atoms with Crippen LogP contribution in [0.3, 0.4) is 0 Å². The lowest BCUT2D eigenvalue weighted by atomic mass is 10.1. The maximum Gasteiger partial charge on any atom is 0.277 e. The molecule has 0 aliphatic carbocycles. The first-order valence-electron chi connectivity index (χ1n) is 6.98. The lowest BCUT2D eigenvalue weighted by molar-refractivity contribution is 0.1000. The summed E-state index contributed by atoms with van der Waals surface area (Å²) in [6.07, 6.45) is 2.07. The third-order valence-electron chi connectivity index (χ3n) is 3.34. The second-order valence-corrected chi connectivity index (χ2v) is 6.85. The van der Waals surface area contributed by atoms with Crippen LogP contribution >= 0.6 is 34.5 Å². The molecule has 0 saturated carbocycles. The van der Waals surface area contributed by atoms with Gasteiger partial charge in [0.05, 0.1) is 16.3 Å². The van der Waals surface area contributed by atoms with Crippen molar-refractivity contribution in [2.45, 2.75) is 13.3 Å². The number of aryl methyl sites for hydroxylation is 1. The van der Waals surface area contributed by atoms with E-state index in [0.29, 0.717) is 33.7 Å². The average Bonchev–Trinajstić information content (AvgIpc) is 2.94. The molecule has 0 aliphatic heterocycles. The minimum atomic E-state index is -0.550. The van der Waals surface area contributed by atoms with Gasteiger partial charge in [0.15, 0.2) is 5.01 Å². The topological polar surface area (TPSA) is 81.8 Å². The number of halogens is 2. The van der Waals surface area contributed by atoms with E-state index in [9.17, 15) is 4.79 Å². The summed E-state index contributed by atoms with van der Waals surface area (Å²) in [5.74, 6) is 0.0300. The molecule has 24 heavy (non-hydrogen) atoms. The van der Waals surface area contributed by atoms with Crippen LogP contribution in [-0.4, -0.2) is 20.9 Å². The van der Waals surface area contributed by atoms with E-state index >= 15 is 0 Å². The third-order valence-corrected chi connectivity index (χ3v) is 5.24. The van der Waals surface area contributed by atoms with E-state index in [1.807, 2.05) is 6.92 Å². The first-order chi connectivity index (χ1) is 11.5. The quantitative estimate of drug-likeness (QED) is 0.745.